The van der Waals surface area contributed by atoms with E-state index in [9.17, 15) is 5.11 Å². The summed E-state index contributed by atoms with van der Waals surface area (Å²) in [6.45, 7) is 8.55. The molecule has 3 unspecified atom stereocenters. The van der Waals surface area contributed by atoms with Crippen LogP contribution >= 0.6 is 0 Å². The molecular weight excluding hydrogens is 186 g/mol. The fourth-order valence-electron chi connectivity index (χ4n) is 2.71. The average Bonchev–Trinajstić information content (AvgIpc) is 2.17. The van der Waals surface area contributed by atoms with E-state index in [1.807, 2.05) is 6.92 Å². The normalized spacial score (nSPS) is 36.6. The van der Waals surface area contributed by atoms with Crippen LogP contribution in [0.4, 0.5) is 0 Å². The van der Waals surface area contributed by atoms with Gasteiger partial charge in [0.15, 0.2) is 0 Å². The lowest BCUT2D eigenvalue weighted by Gasteiger charge is -2.48. The second-order valence-corrected chi connectivity index (χ2v) is 5.90. The molecule has 0 amide bonds. The van der Waals surface area contributed by atoms with Gasteiger partial charge in [0, 0.05) is 5.54 Å². The molecule has 0 bridgehead atoms. The number of hydrogen-bond acceptors (Lipinski definition) is 2. The van der Waals surface area contributed by atoms with Crippen molar-refractivity contribution in [1.82, 2.24) is 0 Å². The highest BCUT2D eigenvalue weighted by Gasteiger charge is 2.46. The van der Waals surface area contributed by atoms with Crippen LogP contribution in [0.3, 0.4) is 0 Å². The molecule has 2 heteroatoms. The molecule has 0 spiro atoms. The van der Waals surface area contributed by atoms with Crippen molar-refractivity contribution in [2.75, 3.05) is 0 Å². The van der Waals surface area contributed by atoms with E-state index in [1.54, 1.807) is 0 Å². The van der Waals surface area contributed by atoms with Gasteiger partial charge in [0.05, 0.1) is 5.60 Å². The predicted molar refractivity (Wildman–Crippen MR) is 64.6 cm³/mol. The van der Waals surface area contributed by atoms with Crippen molar-refractivity contribution < 1.29 is 5.11 Å². The monoisotopic (exact) mass is 213 g/mol. The van der Waals surface area contributed by atoms with Gasteiger partial charge in [-0.25, -0.2) is 0 Å². The number of nitrogens with two attached hydrogens (primary N) is 1. The molecule has 0 radical (unpaired) electrons. The van der Waals surface area contributed by atoms with Gasteiger partial charge in [-0.3, -0.25) is 0 Å². The van der Waals surface area contributed by atoms with E-state index in [-0.39, 0.29) is 0 Å². The summed E-state index contributed by atoms with van der Waals surface area (Å²) in [5, 5.41) is 10.7. The van der Waals surface area contributed by atoms with Gasteiger partial charge in [-0.05, 0) is 44.4 Å². The Balaban J connectivity index is 2.76. The molecule has 0 aromatic carbocycles. The van der Waals surface area contributed by atoms with Crippen LogP contribution in [0, 0.1) is 11.8 Å². The molecule has 2 nitrogen and oxygen atoms in total. The summed E-state index contributed by atoms with van der Waals surface area (Å²) >= 11 is 0. The number of hydrogen-bond donors (Lipinski definition) is 2. The van der Waals surface area contributed by atoms with Crippen molar-refractivity contribution in [3.8, 4) is 0 Å². The van der Waals surface area contributed by atoms with Crippen LogP contribution in [-0.2, 0) is 0 Å². The molecule has 0 heterocycles. The van der Waals surface area contributed by atoms with Gasteiger partial charge in [0.25, 0.3) is 0 Å². The Bertz CT molecular complexity index is 213. The van der Waals surface area contributed by atoms with Gasteiger partial charge in [0.2, 0.25) is 0 Å². The van der Waals surface area contributed by atoms with E-state index < -0.39 is 11.1 Å². The Labute approximate surface area is 94.2 Å². The summed E-state index contributed by atoms with van der Waals surface area (Å²) in [5.41, 5.74) is 5.16. The second-order valence-electron chi connectivity index (χ2n) is 5.90. The Hall–Kier alpha value is -0.0800. The molecule has 15 heavy (non-hydrogen) atoms. The second kappa shape index (κ2) is 4.42. The van der Waals surface area contributed by atoms with Gasteiger partial charge < -0.3 is 10.8 Å². The van der Waals surface area contributed by atoms with Crippen molar-refractivity contribution >= 4 is 0 Å². The highest BCUT2D eigenvalue weighted by atomic mass is 16.3. The van der Waals surface area contributed by atoms with Crippen LogP contribution in [0.1, 0.15) is 59.8 Å². The fraction of sp³-hybridized carbons (Fsp3) is 1.00. The Morgan fingerprint density at radius 2 is 2.13 bits per heavy atom. The fourth-order valence-corrected chi connectivity index (χ4v) is 2.71. The molecule has 1 aliphatic rings. The number of aliphatic hydroxyl groups is 1. The van der Waals surface area contributed by atoms with Gasteiger partial charge >= 0.3 is 0 Å². The van der Waals surface area contributed by atoms with Crippen LogP contribution in [0.15, 0.2) is 0 Å². The minimum atomic E-state index is -0.644. The molecule has 3 N–H and O–H groups in total. The standard InChI is InChI=1S/C13H27NO/c1-5-12(4,14)13(15)8-6-7-11(9-13)10(2)3/h10-11,15H,5-9,14H2,1-4H3. The maximum atomic E-state index is 10.7. The minimum absolute atomic E-state index is 0.430. The topological polar surface area (TPSA) is 46.2 Å². The molecule has 1 rings (SSSR count). The van der Waals surface area contributed by atoms with Crippen molar-refractivity contribution in [2.24, 2.45) is 17.6 Å². The van der Waals surface area contributed by atoms with E-state index in [0.29, 0.717) is 11.8 Å². The smallest absolute Gasteiger partial charge is 0.0826 e. The predicted octanol–water partition coefficient (Wildman–Crippen LogP) is 2.69. The molecule has 0 aromatic rings. The molecule has 90 valence electrons. The largest absolute Gasteiger partial charge is 0.388 e. The maximum Gasteiger partial charge on any atom is 0.0826 e. The Kier molecular flexibility index (Phi) is 3.83. The third-order valence-electron chi connectivity index (χ3n) is 4.51. The quantitative estimate of drug-likeness (QED) is 0.757. The van der Waals surface area contributed by atoms with Crippen molar-refractivity contribution in [1.29, 1.82) is 0 Å². The van der Waals surface area contributed by atoms with Crippen molar-refractivity contribution in [3.05, 3.63) is 0 Å². The SMILES string of the molecule is CCC(C)(N)C1(O)CCCC(C(C)C)C1. The summed E-state index contributed by atoms with van der Waals surface area (Å²) in [5.74, 6) is 1.29. The third-order valence-corrected chi connectivity index (χ3v) is 4.51. The molecule has 1 aliphatic carbocycles. The molecular formula is C13H27NO. The summed E-state index contributed by atoms with van der Waals surface area (Å²) in [7, 11) is 0. The molecule has 0 aliphatic heterocycles. The molecule has 1 saturated carbocycles. The van der Waals surface area contributed by atoms with Crippen molar-refractivity contribution in [3.63, 3.8) is 0 Å². The zero-order chi connectivity index (χ0) is 11.7. The van der Waals surface area contributed by atoms with E-state index in [0.717, 1.165) is 25.7 Å². The van der Waals surface area contributed by atoms with E-state index in [4.69, 9.17) is 5.73 Å². The van der Waals surface area contributed by atoms with Crippen LogP contribution in [0.25, 0.3) is 0 Å². The van der Waals surface area contributed by atoms with E-state index >= 15 is 0 Å². The average molecular weight is 213 g/mol. The summed E-state index contributed by atoms with van der Waals surface area (Å²) in [6.07, 6.45) is 4.96. The lowest BCUT2D eigenvalue weighted by Crippen LogP contribution is -2.60. The van der Waals surface area contributed by atoms with E-state index in [1.165, 1.54) is 6.42 Å². The maximum absolute atomic E-state index is 10.7. The van der Waals surface area contributed by atoms with Crippen molar-refractivity contribution in [2.45, 2.75) is 70.9 Å². The zero-order valence-corrected chi connectivity index (χ0v) is 10.7. The lowest BCUT2D eigenvalue weighted by atomic mass is 9.65. The van der Waals surface area contributed by atoms with Crippen LogP contribution < -0.4 is 5.73 Å². The van der Waals surface area contributed by atoms with Gasteiger partial charge in [-0.1, -0.05) is 27.2 Å². The van der Waals surface area contributed by atoms with Gasteiger partial charge in [0.1, 0.15) is 0 Å². The van der Waals surface area contributed by atoms with Crippen LogP contribution in [0.5, 0.6) is 0 Å². The number of rotatable bonds is 3. The lowest BCUT2D eigenvalue weighted by molar-refractivity contribution is -0.0802. The Morgan fingerprint density at radius 3 is 2.60 bits per heavy atom. The molecule has 0 aromatic heterocycles. The highest BCUT2D eigenvalue weighted by Crippen LogP contribution is 2.42. The summed E-state index contributed by atoms with van der Waals surface area (Å²) in [6, 6.07) is 0. The van der Waals surface area contributed by atoms with Crippen LogP contribution in [-0.4, -0.2) is 16.2 Å². The van der Waals surface area contributed by atoms with Gasteiger partial charge in [-0.15, -0.1) is 0 Å². The first-order valence-electron chi connectivity index (χ1n) is 6.33. The molecule has 0 saturated heterocycles. The minimum Gasteiger partial charge on any atom is -0.388 e. The Morgan fingerprint density at radius 1 is 1.53 bits per heavy atom. The first-order chi connectivity index (χ1) is 6.82. The summed E-state index contributed by atoms with van der Waals surface area (Å²) in [4.78, 5) is 0. The van der Waals surface area contributed by atoms with Crippen LogP contribution in [0.2, 0.25) is 0 Å². The van der Waals surface area contributed by atoms with Gasteiger partial charge in [-0.2, -0.15) is 0 Å². The molecule has 3 atom stereocenters. The van der Waals surface area contributed by atoms with E-state index in [2.05, 4.69) is 20.8 Å². The third kappa shape index (κ3) is 2.54. The molecule has 1 fully saturated rings. The first-order valence-corrected chi connectivity index (χ1v) is 6.33. The first kappa shape index (κ1) is 13.0. The summed E-state index contributed by atoms with van der Waals surface area (Å²) < 4.78 is 0. The highest BCUT2D eigenvalue weighted by molar-refractivity contribution is 5.02. The zero-order valence-electron chi connectivity index (χ0n) is 10.7.